The maximum atomic E-state index is 5.71. The van der Waals surface area contributed by atoms with E-state index in [2.05, 4.69) is 61.0 Å². The molecule has 2 aromatic carbocycles. The number of hydrogen-bond donors (Lipinski definition) is 1. The Morgan fingerprint density at radius 3 is 2.65 bits per heavy atom. The number of hydrogen-bond acceptors (Lipinski definition) is 2. The van der Waals surface area contributed by atoms with Gasteiger partial charge in [0.05, 0.1) is 11.0 Å². The minimum absolute atomic E-state index is 0.569. The van der Waals surface area contributed by atoms with Crippen molar-refractivity contribution in [2.45, 2.75) is 19.9 Å². The summed E-state index contributed by atoms with van der Waals surface area (Å²) in [7, 11) is 2.07. The zero-order chi connectivity index (χ0) is 14.1. The Kier molecular flexibility index (Phi) is 3.28. The number of nitrogens with zero attached hydrogens (tertiary/aromatic N) is 2. The molecule has 0 atom stereocenters. The van der Waals surface area contributed by atoms with Crippen molar-refractivity contribution in [1.29, 1.82) is 0 Å². The van der Waals surface area contributed by atoms with Gasteiger partial charge < -0.3 is 10.3 Å². The molecule has 0 amide bonds. The van der Waals surface area contributed by atoms with E-state index in [4.69, 9.17) is 10.7 Å². The van der Waals surface area contributed by atoms with E-state index in [-0.39, 0.29) is 0 Å². The van der Waals surface area contributed by atoms with Crippen molar-refractivity contribution in [2.75, 3.05) is 0 Å². The van der Waals surface area contributed by atoms with Crippen LogP contribution in [0.4, 0.5) is 0 Å². The molecule has 102 valence electrons. The average molecular weight is 265 g/mol. The molecule has 0 fully saturated rings. The van der Waals surface area contributed by atoms with Gasteiger partial charge in [-0.15, -0.1) is 0 Å². The van der Waals surface area contributed by atoms with Crippen molar-refractivity contribution >= 4 is 11.0 Å². The Morgan fingerprint density at radius 2 is 1.90 bits per heavy atom. The first-order chi connectivity index (χ1) is 9.72. The molecule has 0 aliphatic rings. The van der Waals surface area contributed by atoms with Crippen LogP contribution in [0.5, 0.6) is 0 Å². The first-order valence-electron chi connectivity index (χ1n) is 6.97. The Bertz CT molecular complexity index is 756. The number of aromatic nitrogens is 2. The van der Waals surface area contributed by atoms with Crippen LogP contribution in [0, 0.1) is 0 Å². The lowest BCUT2D eigenvalue weighted by Gasteiger charge is -2.04. The lowest BCUT2D eigenvalue weighted by atomic mass is 10.0. The summed E-state index contributed by atoms with van der Waals surface area (Å²) >= 11 is 0. The van der Waals surface area contributed by atoms with Gasteiger partial charge in [-0.25, -0.2) is 4.98 Å². The van der Waals surface area contributed by atoms with Gasteiger partial charge in [-0.2, -0.15) is 0 Å². The molecule has 3 aromatic rings. The zero-order valence-electron chi connectivity index (χ0n) is 11.9. The molecular weight excluding hydrogens is 246 g/mol. The first-order valence-corrected chi connectivity index (χ1v) is 6.97. The van der Waals surface area contributed by atoms with Gasteiger partial charge in [0.25, 0.3) is 0 Å². The number of aryl methyl sites for hydroxylation is 2. The molecule has 3 heteroatoms. The van der Waals surface area contributed by atoms with E-state index in [1.54, 1.807) is 0 Å². The molecule has 0 saturated heterocycles. The fraction of sp³-hybridized carbons (Fsp3) is 0.235. The molecule has 0 saturated carbocycles. The molecule has 0 aliphatic carbocycles. The number of nitrogens with two attached hydrogens (primary N) is 1. The van der Waals surface area contributed by atoms with Gasteiger partial charge in [-0.3, -0.25) is 0 Å². The summed E-state index contributed by atoms with van der Waals surface area (Å²) in [6, 6.07) is 14.8. The predicted molar refractivity (Wildman–Crippen MR) is 83.4 cm³/mol. The van der Waals surface area contributed by atoms with Gasteiger partial charge in [-0.1, -0.05) is 31.2 Å². The van der Waals surface area contributed by atoms with Crippen LogP contribution in [0.3, 0.4) is 0 Å². The van der Waals surface area contributed by atoms with Crippen LogP contribution in [0.15, 0.2) is 42.5 Å². The normalized spacial score (nSPS) is 11.2. The van der Waals surface area contributed by atoms with Crippen molar-refractivity contribution in [1.82, 2.24) is 9.55 Å². The van der Waals surface area contributed by atoms with Crippen LogP contribution in [0.1, 0.15) is 18.3 Å². The summed E-state index contributed by atoms with van der Waals surface area (Å²) in [6.45, 7) is 2.70. The second-order valence-electron chi connectivity index (χ2n) is 5.05. The molecule has 2 N–H and O–H groups in total. The van der Waals surface area contributed by atoms with E-state index in [0.29, 0.717) is 6.54 Å². The van der Waals surface area contributed by atoms with E-state index in [0.717, 1.165) is 23.3 Å². The fourth-order valence-electron chi connectivity index (χ4n) is 2.62. The van der Waals surface area contributed by atoms with Crippen LogP contribution < -0.4 is 5.73 Å². The van der Waals surface area contributed by atoms with E-state index >= 15 is 0 Å². The van der Waals surface area contributed by atoms with Crippen LogP contribution in [0.2, 0.25) is 0 Å². The quantitative estimate of drug-likeness (QED) is 0.790. The Morgan fingerprint density at radius 1 is 1.10 bits per heavy atom. The van der Waals surface area contributed by atoms with Crippen molar-refractivity contribution in [3.05, 3.63) is 53.9 Å². The monoisotopic (exact) mass is 265 g/mol. The Balaban J connectivity index is 2.12. The number of imidazole rings is 1. The molecule has 20 heavy (non-hydrogen) atoms. The van der Waals surface area contributed by atoms with Gasteiger partial charge in [-0.05, 0) is 34.9 Å². The molecular formula is C17H19N3. The third-order valence-electron chi connectivity index (χ3n) is 3.79. The van der Waals surface area contributed by atoms with Crippen molar-refractivity contribution in [2.24, 2.45) is 12.8 Å². The van der Waals surface area contributed by atoms with E-state index in [1.165, 1.54) is 16.6 Å². The maximum Gasteiger partial charge on any atom is 0.109 e. The topological polar surface area (TPSA) is 43.8 Å². The van der Waals surface area contributed by atoms with Gasteiger partial charge >= 0.3 is 0 Å². The van der Waals surface area contributed by atoms with Crippen molar-refractivity contribution in [3.63, 3.8) is 0 Å². The minimum Gasteiger partial charge on any atom is -0.331 e. The van der Waals surface area contributed by atoms with E-state index in [1.807, 2.05) is 0 Å². The lowest BCUT2D eigenvalue weighted by molar-refractivity contribution is 0.829. The Hall–Kier alpha value is -2.13. The third-order valence-corrected chi connectivity index (χ3v) is 3.79. The number of benzene rings is 2. The molecule has 3 nitrogen and oxygen atoms in total. The van der Waals surface area contributed by atoms with Crippen LogP contribution in [0.25, 0.3) is 22.2 Å². The highest BCUT2D eigenvalue weighted by Crippen LogP contribution is 2.25. The summed E-state index contributed by atoms with van der Waals surface area (Å²) in [5, 5.41) is 0. The average Bonchev–Trinajstić information content (AvgIpc) is 2.83. The summed E-state index contributed by atoms with van der Waals surface area (Å²) < 4.78 is 2.16. The summed E-state index contributed by atoms with van der Waals surface area (Å²) in [5.41, 5.74) is 11.5. The van der Waals surface area contributed by atoms with Crippen LogP contribution in [-0.2, 0) is 20.0 Å². The standard InChI is InChI=1S/C17H19N3/c1-3-17-19-15-10-14(7-8-16(15)20(17)2)13-6-4-5-12(9-13)11-18/h4-10H,3,11,18H2,1-2H3. The third kappa shape index (κ3) is 2.10. The molecule has 0 unspecified atom stereocenters. The molecule has 0 spiro atoms. The highest BCUT2D eigenvalue weighted by molar-refractivity contribution is 5.82. The largest absolute Gasteiger partial charge is 0.331 e. The highest BCUT2D eigenvalue weighted by Gasteiger charge is 2.07. The van der Waals surface area contributed by atoms with Gasteiger partial charge in [0, 0.05) is 20.0 Å². The fourth-order valence-corrected chi connectivity index (χ4v) is 2.62. The van der Waals surface area contributed by atoms with Gasteiger partial charge in [0.2, 0.25) is 0 Å². The van der Waals surface area contributed by atoms with Gasteiger partial charge in [0.15, 0.2) is 0 Å². The number of rotatable bonds is 3. The maximum absolute atomic E-state index is 5.71. The highest BCUT2D eigenvalue weighted by atomic mass is 15.1. The van der Waals surface area contributed by atoms with Crippen LogP contribution >= 0.6 is 0 Å². The zero-order valence-corrected chi connectivity index (χ0v) is 11.9. The smallest absolute Gasteiger partial charge is 0.109 e. The SMILES string of the molecule is CCc1nc2cc(-c3cccc(CN)c3)ccc2n1C. The van der Waals surface area contributed by atoms with E-state index in [9.17, 15) is 0 Å². The van der Waals surface area contributed by atoms with Gasteiger partial charge in [0.1, 0.15) is 5.82 Å². The summed E-state index contributed by atoms with van der Waals surface area (Å²) in [4.78, 5) is 4.70. The Labute approximate surface area is 119 Å². The van der Waals surface area contributed by atoms with Crippen LogP contribution in [-0.4, -0.2) is 9.55 Å². The van der Waals surface area contributed by atoms with E-state index < -0.39 is 0 Å². The number of fused-ring (bicyclic) bond motifs is 1. The first kappa shape index (κ1) is 12.9. The predicted octanol–water partition coefficient (Wildman–Crippen LogP) is 3.26. The molecule has 1 heterocycles. The summed E-state index contributed by atoms with van der Waals surface area (Å²) in [6.07, 6.45) is 0.948. The lowest BCUT2D eigenvalue weighted by Crippen LogP contribution is -1.95. The van der Waals surface area contributed by atoms with Crippen molar-refractivity contribution < 1.29 is 0 Å². The van der Waals surface area contributed by atoms with Crippen molar-refractivity contribution in [3.8, 4) is 11.1 Å². The summed E-state index contributed by atoms with van der Waals surface area (Å²) in [5.74, 6) is 1.12. The molecule has 0 bridgehead atoms. The second-order valence-corrected chi connectivity index (χ2v) is 5.05. The molecule has 0 aliphatic heterocycles. The molecule has 1 aromatic heterocycles. The molecule has 3 rings (SSSR count). The minimum atomic E-state index is 0.569. The molecule has 0 radical (unpaired) electrons. The second kappa shape index (κ2) is 5.10.